The Labute approximate surface area is 217 Å². The molecule has 0 aromatic carbocycles. The fourth-order valence-corrected chi connectivity index (χ4v) is 4.14. The van der Waals surface area contributed by atoms with Crippen LogP contribution in [-0.2, 0) is 28.7 Å². The molecule has 2 atom stereocenters. The first-order valence-electron chi connectivity index (χ1n) is 9.99. The predicted molar refractivity (Wildman–Crippen MR) is 138 cm³/mol. The highest BCUT2D eigenvalue weighted by Gasteiger charge is 2.19. The van der Waals surface area contributed by atoms with Crippen molar-refractivity contribution >= 4 is 80.4 Å². The fourth-order valence-electron chi connectivity index (χ4n) is 2.03. The minimum Gasteiger partial charge on any atom is -0.480 e. The summed E-state index contributed by atoms with van der Waals surface area (Å²) < 4.78 is 11.6. The first kappa shape index (κ1) is 32.3. The number of ether oxygens (including phenoxy) is 2. The van der Waals surface area contributed by atoms with Gasteiger partial charge in [0.2, 0.25) is 11.8 Å². The lowest BCUT2D eigenvalue weighted by molar-refractivity contribution is -0.141. The van der Waals surface area contributed by atoms with E-state index in [2.05, 4.69) is 21.3 Å². The number of aliphatic carboxylic acids is 2. The molecule has 0 saturated carbocycles. The molecule has 34 heavy (non-hydrogen) atoms. The van der Waals surface area contributed by atoms with E-state index in [0.29, 0.717) is 48.2 Å². The van der Waals surface area contributed by atoms with Crippen molar-refractivity contribution in [3.63, 3.8) is 0 Å². The molecule has 12 nitrogen and oxygen atoms in total. The Morgan fingerprint density at radius 3 is 1.38 bits per heavy atom. The quantitative estimate of drug-likeness (QED) is 0.0987. The Morgan fingerprint density at radius 1 is 0.735 bits per heavy atom. The number of thiocarbonyl (C=S) groups is 2. The summed E-state index contributed by atoms with van der Waals surface area (Å²) in [5.41, 5.74) is 0. The predicted octanol–water partition coefficient (Wildman–Crippen LogP) is -0.586. The zero-order valence-corrected chi connectivity index (χ0v) is 22.1. The summed E-state index contributed by atoms with van der Waals surface area (Å²) in [6.07, 6.45) is 0. The molecular formula is C18H30N4O8S4. The SMILES string of the molecule is CC(=O)N[C@@H](CSC(=S)NCCOCCOCCNC(=S)SC[C@H](NC(C)=O)C(=O)O)C(=O)O. The second-order valence-electron chi connectivity index (χ2n) is 6.46. The molecule has 0 saturated heterocycles. The Balaban J connectivity index is 3.69. The van der Waals surface area contributed by atoms with Gasteiger partial charge in [-0.2, -0.15) is 0 Å². The summed E-state index contributed by atoms with van der Waals surface area (Å²) in [5.74, 6) is -2.88. The van der Waals surface area contributed by atoms with Crippen LogP contribution in [0.3, 0.4) is 0 Å². The molecule has 2 amide bonds. The van der Waals surface area contributed by atoms with E-state index in [9.17, 15) is 19.2 Å². The number of amides is 2. The monoisotopic (exact) mass is 558 g/mol. The molecule has 194 valence electrons. The normalized spacial score (nSPS) is 12.2. The van der Waals surface area contributed by atoms with Crippen molar-refractivity contribution in [3.05, 3.63) is 0 Å². The molecule has 0 unspecified atom stereocenters. The molecule has 0 bridgehead atoms. The van der Waals surface area contributed by atoms with Crippen LogP contribution in [0.1, 0.15) is 13.8 Å². The first-order valence-corrected chi connectivity index (χ1v) is 12.8. The molecule has 0 aliphatic carbocycles. The van der Waals surface area contributed by atoms with Crippen LogP contribution in [0.25, 0.3) is 0 Å². The standard InChI is InChI=1S/C18H30N4O8S4/c1-11(23)21-13(15(25)26)9-33-17(31)19-3-5-29-7-8-30-6-4-20-18(32)34-10-14(16(27)28)22-12(2)24/h13-14H,3-10H2,1-2H3,(H,19,31)(H,20,32)(H,21,23)(H,22,24)(H,25,26)(H,27,28)/t13-,14-/m0/s1. The molecule has 0 rings (SSSR count). The van der Waals surface area contributed by atoms with Crippen molar-refractivity contribution in [1.82, 2.24) is 21.3 Å². The molecule has 0 spiro atoms. The third-order valence-corrected chi connectivity index (χ3v) is 6.33. The number of carboxylic acid groups (broad SMARTS) is 2. The van der Waals surface area contributed by atoms with Crippen LogP contribution >= 0.6 is 48.0 Å². The Kier molecular flexibility index (Phi) is 18.6. The molecular weight excluding hydrogens is 528 g/mol. The number of hydrogen-bond acceptors (Lipinski definition) is 10. The van der Waals surface area contributed by atoms with Crippen LogP contribution in [0.15, 0.2) is 0 Å². The van der Waals surface area contributed by atoms with Gasteiger partial charge in [0.15, 0.2) is 0 Å². The van der Waals surface area contributed by atoms with E-state index in [1.54, 1.807) is 0 Å². The summed E-state index contributed by atoms with van der Waals surface area (Å²) in [4.78, 5) is 44.1. The lowest BCUT2D eigenvalue weighted by Gasteiger charge is -2.14. The minimum absolute atomic E-state index is 0.112. The first-order chi connectivity index (χ1) is 16.0. The smallest absolute Gasteiger partial charge is 0.327 e. The van der Waals surface area contributed by atoms with E-state index in [0.717, 1.165) is 23.5 Å². The molecule has 0 radical (unpaired) electrons. The molecule has 0 fully saturated rings. The van der Waals surface area contributed by atoms with Gasteiger partial charge in [0.05, 0.1) is 26.4 Å². The van der Waals surface area contributed by atoms with Crippen LogP contribution in [0, 0.1) is 0 Å². The van der Waals surface area contributed by atoms with Crippen LogP contribution in [-0.4, -0.2) is 106 Å². The average Bonchev–Trinajstić information content (AvgIpc) is 2.74. The van der Waals surface area contributed by atoms with E-state index >= 15 is 0 Å². The van der Waals surface area contributed by atoms with Gasteiger partial charge in [-0.1, -0.05) is 48.0 Å². The van der Waals surface area contributed by atoms with Gasteiger partial charge in [-0.3, -0.25) is 9.59 Å². The highest BCUT2D eigenvalue weighted by atomic mass is 32.2. The summed E-state index contributed by atoms with van der Waals surface area (Å²) in [6, 6.07) is -2.02. The molecule has 0 aromatic rings. The van der Waals surface area contributed by atoms with Gasteiger partial charge in [0.25, 0.3) is 0 Å². The van der Waals surface area contributed by atoms with Crippen molar-refractivity contribution in [2.45, 2.75) is 25.9 Å². The van der Waals surface area contributed by atoms with Gasteiger partial charge < -0.3 is 41.0 Å². The maximum atomic E-state index is 11.0. The van der Waals surface area contributed by atoms with Crippen molar-refractivity contribution in [1.29, 1.82) is 0 Å². The lowest BCUT2D eigenvalue weighted by Crippen LogP contribution is -2.42. The van der Waals surface area contributed by atoms with Crippen molar-refractivity contribution in [3.8, 4) is 0 Å². The van der Waals surface area contributed by atoms with Gasteiger partial charge in [-0.25, -0.2) is 9.59 Å². The number of rotatable bonds is 17. The van der Waals surface area contributed by atoms with E-state index in [-0.39, 0.29) is 11.5 Å². The zero-order chi connectivity index (χ0) is 25.9. The maximum Gasteiger partial charge on any atom is 0.327 e. The summed E-state index contributed by atoms with van der Waals surface area (Å²) in [7, 11) is 0. The van der Waals surface area contributed by atoms with Gasteiger partial charge >= 0.3 is 11.9 Å². The number of thioether (sulfide) groups is 2. The van der Waals surface area contributed by atoms with Crippen molar-refractivity contribution < 1.29 is 38.9 Å². The number of carbonyl (C=O) groups excluding carboxylic acids is 2. The second-order valence-corrected chi connectivity index (χ2v) is 9.85. The maximum absolute atomic E-state index is 11.0. The average molecular weight is 559 g/mol. The van der Waals surface area contributed by atoms with Crippen molar-refractivity contribution in [2.75, 3.05) is 51.0 Å². The highest BCUT2D eigenvalue weighted by Crippen LogP contribution is 2.06. The number of carbonyl (C=O) groups is 4. The minimum atomic E-state index is -1.13. The van der Waals surface area contributed by atoms with Gasteiger partial charge in [0.1, 0.15) is 20.7 Å². The van der Waals surface area contributed by atoms with Crippen LogP contribution in [0.2, 0.25) is 0 Å². The van der Waals surface area contributed by atoms with Crippen molar-refractivity contribution in [2.24, 2.45) is 0 Å². The van der Waals surface area contributed by atoms with Gasteiger partial charge in [0, 0.05) is 38.4 Å². The number of carboxylic acids is 2. The number of hydrogen-bond donors (Lipinski definition) is 6. The third kappa shape index (κ3) is 18.7. The van der Waals surface area contributed by atoms with E-state index in [1.165, 1.54) is 13.8 Å². The summed E-state index contributed by atoms with van der Waals surface area (Å²) in [5, 5.41) is 28.6. The van der Waals surface area contributed by atoms with E-state index < -0.39 is 35.8 Å². The molecule has 0 aliphatic heterocycles. The third-order valence-electron chi connectivity index (χ3n) is 3.52. The van der Waals surface area contributed by atoms with Crippen LogP contribution in [0.5, 0.6) is 0 Å². The zero-order valence-electron chi connectivity index (χ0n) is 18.8. The van der Waals surface area contributed by atoms with Crippen LogP contribution in [0.4, 0.5) is 0 Å². The van der Waals surface area contributed by atoms with Crippen LogP contribution < -0.4 is 21.3 Å². The molecule has 0 heterocycles. The molecule has 0 aliphatic rings. The Bertz CT molecular complexity index is 655. The van der Waals surface area contributed by atoms with E-state index in [4.69, 9.17) is 44.1 Å². The topological polar surface area (TPSA) is 175 Å². The van der Waals surface area contributed by atoms with Gasteiger partial charge in [-0.15, -0.1) is 0 Å². The summed E-state index contributed by atoms with van der Waals surface area (Å²) >= 11 is 12.5. The molecule has 6 N–H and O–H groups in total. The van der Waals surface area contributed by atoms with E-state index in [1.807, 2.05) is 0 Å². The molecule has 0 aromatic heterocycles. The largest absolute Gasteiger partial charge is 0.480 e. The second kappa shape index (κ2) is 19.6. The Morgan fingerprint density at radius 2 is 1.09 bits per heavy atom. The highest BCUT2D eigenvalue weighted by molar-refractivity contribution is 8.23. The Hall–Kier alpha value is -1.72. The lowest BCUT2D eigenvalue weighted by atomic mass is 10.3. The summed E-state index contributed by atoms with van der Waals surface area (Å²) in [6.45, 7) is 4.84. The number of nitrogens with one attached hydrogen (secondary N) is 4. The molecule has 16 heteroatoms. The fraction of sp³-hybridized carbons (Fsp3) is 0.667. The van der Waals surface area contributed by atoms with Gasteiger partial charge in [-0.05, 0) is 0 Å².